The topological polar surface area (TPSA) is 55.2 Å². The molecule has 1 aliphatic rings. The van der Waals surface area contributed by atoms with Gasteiger partial charge in [-0.25, -0.2) is 0 Å². The molecule has 1 aliphatic carbocycles. The zero-order chi connectivity index (χ0) is 13.8. The Hall–Kier alpha value is -0.940. The molecular formula is C14H19BrN2O2. The van der Waals surface area contributed by atoms with Gasteiger partial charge >= 0.3 is 0 Å². The summed E-state index contributed by atoms with van der Waals surface area (Å²) in [4.78, 5) is 10.6. The predicted molar refractivity (Wildman–Crippen MR) is 79.3 cm³/mol. The van der Waals surface area contributed by atoms with Gasteiger partial charge in [0.2, 0.25) is 0 Å². The molecule has 2 atom stereocenters. The molecule has 2 rings (SSSR count). The molecule has 0 heterocycles. The molecule has 2 unspecified atom stereocenters. The minimum Gasteiger partial charge on any atom is -0.314 e. The standard InChI is InChI=1S/C14H19BrN2O2/c1-2-16-12-7-3-5-10(12)9-11-6-4-8-13(14(11)15)17(18)19/h4,6,8,10,12,16H,2-3,5,7,9H2,1H3. The second-order valence-corrected chi connectivity index (χ2v) is 5.86. The fourth-order valence-electron chi connectivity index (χ4n) is 2.96. The van der Waals surface area contributed by atoms with Crippen LogP contribution in [0.5, 0.6) is 0 Å². The highest BCUT2D eigenvalue weighted by atomic mass is 79.9. The van der Waals surface area contributed by atoms with E-state index in [1.807, 2.05) is 6.07 Å². The number of hydrogen-bond acceptors (Lipinski definition) is 3. The first-order valence-electron chi connectivity index (χ1n) is 6.78. The van der Waals surface area contributed by atoms with E-state index in [4.69, 9.17) is 0 Å². The van der Waals surface area contributed by atoms with Crippen LogP contribution in [0.15, 0.2) is 22.7 Å². The summed E-state index contributed by atoms with van der Waals surface area (Å²) in [5, 5.41) is 14.5. The third-order valence-electron chi connectivity index (χ3n) is 3.86. The van der Waals surface area contributed by atoms with Crippen LogP contribution < -0.4 is 5.32 Å². The number of nitro groups is 1. The minimum absolute atomic E-state index is 0.162. The normalized spacial score (nSPS) is 22.6. The van der Waals surface area contributed by atoms with Crippen molar-refractivity contribution in [2.24, 2.45) is 5.92 Å². The third kappa shape index (κ3) is 3.34. The maximum Gasteiger partial charge on any atom is 0.283 e. The first-order valence-corrected chi connectivity index (χ1v) is 7.58. The van der Waals surface area contributed by atoms with Gasteiger partial charge in [-0.3, -0.25) is 10.1 Å². The summed E-state index contributed by atoms with van der Waals surface area (Å²) < 4.78 is 0.641. The minimum atomic E-state index is -0.329. The lowest BCUT2D eigenvalue weighted by Gasteiger charge is -2.20. The summed E-state index contributed by atoms with van der Waals surface area (Å²) in [5.41, 5.74) is 1.21. The SMILES string of the molecule is CCNC1CCCC1Cc1cccc([N+](=O)[O-])c1Br. The van der Waals surface area contributed by atoms with Crippen molar-refractivity contribution < 1.29 is 4.92 Å². The molecule has 1 N–H and O–H groups in total. The second kappa shape index (κ2) is 6.48. The summed E-state index contributed by atoms with van der Waals surface area (Å²) in [6.07, 6.45) is 4.56. The lowest BCUT2D eigenvalue weighted by atomic mass is 9.94. The van der Waals surface area contributed by atoms with E-state index in [1.165, 1.54) is 19.3 Å². The van der Waals surface area contributed by atoms with Crippen molar-refractivity contribution >= 4 is 21.6 Å². The maximum atomic E-state index is 10.9. The van der Waals surface area contributed by atoms with Crippen LogP contribution in [0.3, 0.4) is 0 Å². The summed E-state index contributed by atoms with van der Waals surface area (Å²) in [6.45, 7) is 3.11. The zero-order valence-electron chi connectivity index (χ0n) is 11.1. The Morgan fingerprint density at radius 2 is 2.26 bits per heavy atom. The maximum absolute atomic E-state index is 10.9. The number of hydrogen-bond donors (Lipinski definition) is 1. The Bertz CT molecular complexity index is 465. The molecular weight excluding hydrogens is 308 g/mol. The third-order valence-corrected chi connectivity index (χ3v) is 4.78. The van der Waals surface area contributed by atoms with E-state index < -0.39 is 0 Å². The average molecular weight is 327 g/mol. The van der Waals surface area contributed by atoms with Crippen molar-refractivity contribution in [2.75, 3.05) is 6.54 Å². The highest BCUT2D eigenvalue weighted by molar-refractivity contribution is 9.10. The molecule has 0 saturated heterocycles. The van der Waals surface area contributed by atoms with Gasteiger partial charge in [0.05, 0.1) is 9.40 Å². The van der Waals surface area contributed by atoms with Gasteiger partial charge in [0.25, 0.3) is 5.69 Å². The van der Waals surface area contributed by atoms with Crippen LogP contribution in [-0.2, 0) is 6.42 Å². The highest BCUT2D eigenvalue weighted by Crippen LogP contribution is 2.34. The Morgan fingerprint density at radius 1 is 1.47 bits per heavy atom. The quantitative estimate of drug-likeness (QED) is 0.663. The lowest BCUT2D eigenvalue weighted by molar-refractivity contribution is -0.385. The number of rotatable bonds is 5. The lowest BCUT2D eigenvalue weighted by Crippen LogP contribution is -2.33. The summed E-state index contributed by atoms with van der Waals surface area (Å²) >= 11 is 3.39. The molecule has 1 aromatic carbocycles. The molecule has 104 valence electrons. The van der Waals surface area contributed by atoms with Crippen molar-refractivity contribution in [1.29, 1.82) is 0 Å². The van der Waals surface area contributed by atoms with Gasteiger partial charge in [0.1, 0.15) is 0 Å². The van der Waals surface area contributed by atoms with Gasteiger partial charge in [-0.15, -0.1) is 0 Å². The molecule has 1 fully saturated rings. The van der Waals surface area contributed by atoms with Crippen molar-refractivity contribution in [3.8, 4) is 0 Å². The highest BCUT2D eigenvalue weighted by Gasteiger charge is 2.28. The largest absolute Gasteiger partial charge is 0.314 e. The predicted octanol–water partition coefficient (Wildman–Crippen LogP) is 3.68. The Kier molecular flexibility index (Phi) is 4.93. The van der Waals surface area contributed by atoms with E-state index in [2.05, 4.69) is 28.2 Å². The Balaban J connectivity index is 2.15. The molecule has 19 heavy (non-hydrogen) atoms. The van der Waals surface area contributed by atoms with Crippen LogP contribution >= 0.6 is 15.9 Å². The van der Waals surface area contributed by atoms with Crippen LogP contribution in [0.4, 0.5) is 5.69 Å². The summed E-state index contributed by atoms with van der Waals surface area (Å²) in [7, 11) is 0. The molecule has 0 radical (unpaired) electrons. The smallest absolute Gasteiger partial charge is 0.283 e. The van der Waals surface area contributed by atoms with E-state index in [0.717, 1.165) is 18.5 Å². The molecule has 5 heteroatoms. The Morgan fingerprint density at radius 3 is 2.95 bits per heavy atom. The molecule has 0 bridgehead atoms. The molecule has 0 amide bonds. The number of benzene rings is 1. The molecule has 1 aromatic rings. The summed E-state index contributed by atoms with van der Waals surface area (Å²) in [6, 6.07) is 5.86. The number of nitrogens with one attached hydrogen (secondary N) is 1. The van der Waals surface area contributed by atoms with Gasteiger partial charge in [-0.1, -0.05) is 25.5 Å². The number of nitro benzene ring substituents is 1. The van der Waals surface area contributed by atoms with E-state index in [1.54, 1.807) is 12.1 Å². The van der Waals surface area contributed by atoms with Crippen molar-refractivity contribution in [3.05, 3.63) is 38.3 Å². The fraction of sp³-hybridized carbons (Fsp3) is 0.571. The zero-order valence-corrected chi connectivity index (χ0v) is 12.6. The van der Waals surface area contributed by atoms with Crippen LogP contribution in [0, 0.1) is 16.0 Å². The summed E-state index contributed by atoms with van der Waals surface area (Å²) in [5.74, 6) is 0.582. The first kappa shape index (κ1) is 14.5. The molecule has 0 aliphatic heterocycles. The Labute approximate surface area is 121 Å². The molecule has 1 saturated carbocycles. The van der Waals surface area contributed by atoms with E-state index in [-0.39, 0.29) is 10.6 Å². The van der Waals surface area contributed by atoms with Gasteiger partial charge in [0, 0.05) is 12.1 Å². The van der Waals surface area contributed by atoms with Crippen LogP contribution in [0.1, 0.15) is 31.7 Å². The molecule has 0 spiro atoms. The van der Waals surface area contributed by atoms with E-state index in [0.29, 0.717) is 16.4 Å². The number of halogens is 1. The number of nitrogens with zero attached hydrogens (tertiary/aromatic N) is 1. The van der Waals surface area contributed by atoms with Gasteiger partial charge in [-0.2, -0.15) is 0 Å². The monoisotopic (exact) mass is 326 g/mol. The van der Waals surface area contributed by atoms with Crippen molar-refractivity contribution in [2.45, 2.75) is 38.6 Å². The van der Waals surface area contributed by atoms with E-state index in [9.17, 15) is 10.1 Å². The van der Waals surface area contributed by atoms with E-state index >= 15 is 0 Å². The fourth-order valence-corrected chi connectivity index (χ4v) is 3.53. The van der Waals surface area contributed by atoms with Crippen molar-refractivity contribution in [3.63, 3.8) is 0 Å². The first-order chi connectivity index (χ1) is 9.13. The van der Waals surface area contributed by atoms with Gasteiger partial charge in [0.15, 0.2) is 0 Å². The van der Waals surface area contributed by atoms with Crippen LogP contribution in [0.25, 0.3) is 0 Å². The van der Waals surface area contributed by atoms with Crippen LogP contribution in [-0.4, -0.2) is 17.5 Å². The van der Waals surface area contributed by atoms with Gasteiger partial charge in [-0.05, 0) is 53.2 Å². The van der Waals surface area contributed by atoms with Crippen LogP contribution in [0.2, 0.25) is 0 Å². The van der Waals surface area contributed by atoms with Crippen molar-refractivity contribution in [1.82, 2.24) is 5.32 Å². The molecule has 0 aromatic heterocycles. The second-order valence-electron chi connectivity index (χ2n) is 5.07. The van der Waals surface area contributed by atoms with Gasteiger partial charge < -0.3 is 5.32 Å². The molecule has 4 nitrogen and oxygen atoms in total. The average Bonchev–Trinajstić information content (AvgIpc) is 2.79.